The lowest BCUT2D eigenvalue weighted by atomic mass is 9.79. The van der Waals surface area contributed by atoms with Crippen LogP contribution in [0.2, 0.25) is 0 Å². The highest BCUT2D eigenvalue weighted by Gasteiger charge is 2.40. The number of amides is 2. The van der Waals surface area contributed by atoms with E-state index in [1.54, 1.807) is 24.3 Å². The van der Waals surface area contributed by atoms with Gasteiger partial charge in [0.15, 0.2) is 6.61 Å². The van der Waals surface area contributed by atoms with Crippen LogP contribution in [0.3, 0.4) is 0 Å². The summed E-state index contributed by atoms with van der Waals surface area (Å²) in [4.78, 5) is 25.4. The van der Waals surface area contributed by atoms with Gasteiger partial charge in [-0.2, -0.15) is 0 Å². The molecule has 2 heterocycles. The Labute approximate surface area is 135 Å². The molecule has 0 aromatic heterocycles. The predicted molar refractivity (Wildman–Crippen MR) is 84.1 cm³/mol. The van der Waals surface area contributed by atoms with Gasteiger partial charge in [-0.05, 0) is 37.5 Å². The maximum Gasteiger partial charge on any atom is 0.260 e. The Hall–Kier alpha value is -2.08. The van der Waals surface area contributed by atoms with Crippen LogP contribution >= 0.6 is 0 Å². The minimum atomic E-state index is -0.513. The first-order valence-electron chi connectivity index (χ1n) is 7.96. The number of rotatable bonds is 4. The highest BCUT2D eigenvalue weighted by molar-refractivity contribution is 5.93. The predicted octanol–water partition coefficient (Wildman–Crippen LogP) is 1.19. The monoisotopic (exact) mass is 318 g/mol. The zero-order chi connectivity index (χ0) is 16.3. The minimum absolute atomic E-state index is 0.0274. The van der Waals surface area contributed by atoms with Gasteiger partial charge in [0.1, 0.15) is 5.75 Å². The van der Waals surface area contributed by atoms with Crippen LogP contribution in [0.5, 0.6) is 5.75 Å². The third-order valence-electron chi connectivity index (χ3n) is 4.68. The van der Waals surface area contributed by atoms with Gasteiger partial charge in [0.05, 0.1) is 6.61 Å². The Bertz CT molecular complexity index is 596. The van der Waals surface area contributed by atoms with Crippen LogP contribution in [-0.2, 0) is 9.53 Å². The first-order chi connectivity index (χ1) is 11.1. The molecule has 1 aromatic carbocycles. The van der Waals surface area contributed by atoms with E-state index in [-0.39, 0.29) is 17.9 Å². The highest BCUT2D eigenvalue weighted by atomic mass is 16.5. The van der Waals surface area contributed by atoms with Gasteiger partial charge < -0.3 is 20.1 Å². The zero-order valence-electron chi connectivity index (χ0n) is 13.1. The number of piperidine rings is 1. The fraction of sp³-hybridized carbons (Fsp3) is 0.529. The topological polar surface area (TPSA) is 81.9 Å². The number of carbonyl (C=O) groups is 2. The molecule has 6 nitrogen and oxygen atoms in total. The molecule has 0 aliphatic carbocycles. The third kappa shape index (κ3) is 3.64. The van der Waals surface area contributed by atoms with E-state index in [2.05, 4.69) is 0 Å². The molecule has 2 saturated heterocycles. The number of hydrogen-bond donors (Lipinski definition) is 1. The van der Waals surface area contributed by atoms with Crippen LogP contribution in [0.25, 0.3) is 0 Å². The summed E-state index contributed by atoms with van der Waals surface area (Å²) in [6, 6.07) is 6.57. The van der Waals surface area contributed by atoms with Crippen molar-refractivity contribution in [2.75, 3.05) is 32.9 Å². The molecule has 0 radical (unpaired) electrons. The maximum atomic E-state index is 12.4. The first kappa shape index (κ1) is 15.8. The molecule has 1 aromatic rings. The van der Waals surface area contributed by atoms with E-state index >= 15 is 0 Å². The van der Waals surface area contributed by atoms with Gasteiger partial charge in [0, 0.05) is 30.7 Å². The average Bonchev–Trinajstić information content (AvgIpc) is 3.00. The maximum absolute atomic E-state index is 12.4. The van der Waals surface area contributed by atoms with Crippen molar-refractivity contribution >= 4 is 11.8 Å². The fourth-order valence-electron chi connectivity index (χ4n) is 3.37. The van der Waals surface area contributed by atoms with E-state index in [1.165, 1.54) is 0 Å². The number of primary amides is 1. The van der Waals surface area contributed by atoms with Gasteiger partial charge in [-0.15, -0.1) is 0 Å². The summed E-state index contributed by atoms with van der Waals surface area (Å²) in [5.41, 5.74) is 5.75. The Kier molecular flexibility index (Phi) is 4.52. The summed E-state index contributed by atoms with van der Waals surface area (Å²) in [7, 11) is 0. The van der Waals surface area contributed by atoms with Crippen LogP contribution in [0.15, 0.2) is 24.3 Å². The number of hydrogen-bond acceptors (Lipinski definition) is 4. The summed E-state index contributed by atoms with van der Waals surface area (Å²) in [5, 5.41) is 0. The molecular formula is C17H22N2O4. The average molecular weight is 318 g/mol. The molecule has 2 fully saturated rings. The van der Waals surface area contributed by atoms with Crippen molar-refractivity contribution in [3.05, 3.63) is 29.8 Å². The molecule has 1 atom stereocenters. The number of nitrogens with two attached hydrogens (primary N) is 1. The van der Waals surface area contributed by atoms with Crippen molar-refractivity contribution in [1.29, 1.82) is 0 Å². The third-order valence-corrected chi connectivity index (χ3v) is 4.68. The molecule has 1 unspecified atom stereocenters. The van der Waals surface area contributed by atoms with Crippen molar-refractivity contribution in [1.82, 2.24) is 4.90 Å². The second-order valence-corrected chi connectivity index (χ2v) is 6.40. The van der Waals surface area contributed by atoms with E-state index in [4.69, 9.17) is 15.2 Å². The number of likely N-dealkylation sites (tertiary alicyclic amines) is 1. The van der Waals surface area contributed by atoms with Crippen molar-refractivity contribution in [3.63, 3.8) is 0 Å². The molecule has 2 amide bonds. The van der Waals surface area contributed by atoms with Crippen LogP contribution in [0, 0.1) is 5.41 Å². The normalized spacial score (nSPS) is 23.9. The van der Waals surface area contributed by atoms with E-state index in [1.807, 2.05) is 4.90 Å². The van der Waals surface area contributed by atoms with Crippen molar-refractivity contribution < 1.29 is 19.1 Å². The molecule has 0 saturated carbocycles. The quantitative estimate of drug-likeness (QED) is 0.904. The SMILES string of the molecule is NC(=O)c1cccc(OCC(=O)N2CCCC3(CCOC3)C2)c1. The summed E-state index contributed by atoms with van der Waals surface area (Å²) in [6.07, 6.45) is 3.16. The van der Waals surface area contributed by atoms with Crippen molar-refractivity contribution in [2.45, 2.75) is 19.3 Å². The van der Waals surface area contributed by atoms with Crippen LogP contribution < -0.4 is 10.5 Å². The van der Waals surface area contributed by atoms with Crippen molar-refractivity contribution in [3.8, 4) is 5.75 Å². The molecule has 1 spiro atoms. The fourth-order valence-corrected chi connectivity index (χ4v) is 3.37. The smallest absolute Gasteiger partial charge is 0.260 e. The van der Waals surface area contributed by atoms with Gasteiger partial charge >= 0.3 is 0 Å². The summed E-state index contributed by atoms with van der Waals surface area (Å²) < 4.78 is 11.1. The highest BCUT2D eigenvalue weighted by Crippen LogP contribution is 2.37. The van der Waals surface area contributed by atoms with Crippen LogP contribution in [0.4, 0.5) is 0 Å². The van der Waals surface area contributed by atoms with E-state index in [0.717, 1.165) is 45.6 Å². The number of ether oxygens (including phenoxy) is 2. The second kappa shape index (κ2) is 6.58. The molecule has 2 N–H and O–H groups in total. The Morgan fingerprint density at radius 2 is 2.22 bits per heavy atom. The Morgan fingerprint density at radius 3 is 2.96 bits per heavy atom. The first-order valence-corrected chi connectivity index (χ1v) is 7.96. The van der Waals surface area contributed by atoms with E-state index in [0.29, 0.717) is 11.3 Å². The molecule has 124 valence electrons. The molecule has 0 bridgehead atoms. The minimum Gasteiger partial charge on any atom is -0.484 e. The van der Waals surface area contributed by atoms with Crippen LogP contribution in [-0.4, -0.2) is 49.6 Å². The summed E-state index contributed by atoms with van der Waals surface area (Å²) in [6.45, 7) is 3.03. The largest absolute Gasteiger partial charge is 0.484 e. The van der Waals surface area contributed by atoms with Gasteiger partial charge in [0.25, 0.3) is 5.91 Å². The molecule has 23 heavy (non-hydrogen) atoms. The van der Waals surface area contributed by atoms with E-state index < -0.39 is 5.91 Å². The van der Waals surface area contributed by atoms with Gasteiger partial charge in [-0.25, -0.2) is 0 Å². The van der Waals surface area contributed by atoms with Gasteiger partial charge in [-0.1, -0.05) is 6.07 Å². The lowest BCUT2D eigenvalue weighted by Crippen LogP contribution is -2.48. The van der Waals surface area contributed by atoms with Crippen molar-refractivity contribution in [2.24, 2.45) is 11.1 Å². The lowest BCUT2D eigenvalue weighted by molar-refractivity contribution is -0.137. The molecule has 2 aliphatic rings. The van der Waals surface area contributed by atoms with Gasteiger partial charge in [0.2, 0.25) is 5.91 Å². The summed E-state index contributed by atoms with van der Waals surface area (Å²) in [5.74, 6) is -0.0630. The molecule has 6 heteroatoms. The molecule has 3 rings (SSSR count). The standard InChI is InChI=1S/C17H22N2O4/c18-16(21)13-3-1-4-14(9-13)23-10-15(20)19-7-2-5-17(11-19)6-8-22-12-17/h1,3-4,9H,2,5-8,10-12H2,(H2,18,21). The number of carbonyl (C=O) groups excluding carboxylic acids is 2. The summed E-state index contributed by atoms with van der Waals surface area (Å²) >= 11 is 0. The molecular weight excluding hydrogens is 296 g/mol. The molecule has 2 aliphatic heterocycles. The van der Waals surface area contributed by atoms with Crippen LogP contribution in [0.1, 0.15) is 29.6 Å². The lowest BCUT2D eigenvalue weighted by Gasteiger charge is -2.39. The zero-order valence-corrected chi connectivity index (χ0v) is 13.1. The van der Waals surface area contributed by atoms with E-state index in [9.17, 15) is 9.59 Å². The number of benzene rings is 1. The van der Waals surface area contributed by atoms with Gasteiger partial charge in [-0.3, -0.25) is 9.59 Å². The second-order valence-electron chi connectivity index (χ2n) is 6.40. The Balaban J connectivity index is 1.57. The Morgan fingerprint density at radius 1 is 1.35 bits per heavy atom. The number of nitrogens with zero attached hydrogens (tertiary/aromatic N) is 1.